The molecular formula is C16H16N2O2. The van der Waals surface area contributed by atoms with Crippen LogP contribution in [0, 0.1) is 11.3 Å². The van der Waals surface area contributed by atoms with Crippen molar-refractivity contribution < 1.29 is 9.15 Å². The minimum atomic E-state index is 0.339. The average molecular weight is 268 g/mol. The van der Waals surface area contributed by atoms with Crippen LogP contribution in [0.3, 0.4) is 0 Å². The highest BCUT2D eigenvalue weighted by Gasteiger charge is 2.18. The molecule has 20 heavy (non-hydrogen) atoms. The third-order valence-electron chi connectivity index (χ3n) is 3.65. The summed E-state index contributed by atoms with van der Waals surface area (Å²) in [6, 6.07) is 7.87. The summed E-state index contributed by atoms with van der Waals surface area (Å²) in [5.74, 6) is 2.38. The number of nitriles is 1. The van der Waals surface area contributed by atoms with Gasteiger partial charge in [0.15, 0.2) is 0 Å². The maximum Gasteiger partial charge on any atom is 0.226 e. The number of benzene rings is 1. The molecule has 0 fully saturated rings. The van der Waals surface area contributed by atoms with Gasteiger partial charge in [0.25, 0.3) is 0 Å². The van der Waals surface area contributed by atoms with E-state index in [1.54, 1.807) is 7.11 Å². The van der Waals surface area contributed by atoms with Crippen LogP contribution in [-0.4, -0.2) is 12.1 Å². The van der Waals surface area contributed by atoms with Gasteiger partial charge in [0.2, 0.25) is 5.89 Å². The van der Waals surface area contributed by atoms with E-state index in [1.165, 1.54) is 12.8 Å². The second-order valence-corrected chi connectivity index (χ2v) is 4.96. The summed E-state index contributed by atoms with van der Waals surface area (Å²) in [5.41, 5.74) is 2.87. The highest BCUT2D eigenvalue weighted by Crippen LogP contribution is 2.30. The van der Waals surface area contributed by atoms with Gasteiger partial charge in [-0.05, 0) is 31.4 Å². The number of rotatable bonds is 3. The number of hydrogen-bond donors (Lipinski definition) is 0. The van der Waals surface area contributed by atoms with Gasteiger partial charge in [-0.15, -0.1) is 0 Å². The lowest BCUT2D eigenvalue weighted by Crippen LogP contribution is -1.99. The first-order valence-corrected chi connectivity index (χ1v) is 6.84. The molecule has 1 aromatic heterocycles. The first-order chi connectivity index (χ1) is 9.81. The molecule has 102 valence electrons. The van der Waals surface area contributed by atoms with Gasteiger partial charge in [-0.2, -0.15) is 5.26 Å². The summed E-state index contributed by atoms with van der Waals surface area (Å²) in [6.07, 6.45) is 4.68. The van der Waals surface area contributed by atoms with Gasteiger partial charge in [0.05, 0.1) is 25.3 Å². The molecule has 0 radical (unpaired) electrons. The van der Waals surface area contributed by atoms with Crippen molar-refractivity contribution in [1.82, 2.24) is 4.98 Å². The normalized spacial score (nSPS) is 13.6. The van der Waals surface area contributed by atoms with E-state index in [4.69, 9.17) is 14.4 Å². The number of hydrogen-bond acceptors (Lipinski definition) is 4. The molecule has 0 amide bonds. The molecule has 1 aliphatic rings. The minimum absolute atomic E-state index is 0.339. The van der Waals surface area contributed by atoms with Crippen LogP contribution in [0.4, 0.5) is 0 Å². The number of oxazole rings is 1. The molecule has 0 saturated carbocycles. The maximum absolute atomic E-state index is 8.80. The highest BCUT2D eigenvalue weighted by molar-refractivity contribution is 5.59. The lowest BCUT2D eigenvalue weighted by atomic mass is 10.0. The molecular weight excluding hydrogens is 252 g/mol. The van der Waals surface area contributed by atoms with E-state index >= 15 is 0 Å². The number of fused-ring (bicyclic) bond motifs is 1. The largest absolute Gasteiger partial charge is 0.496 e. The zero-order valence-electron chi connectivity index (χ0n) is 11.5. The van der Waals surface area contributed by atoms with Crippen molar-refractivity contribution >= 4 is 0 Å². The summed E-state index contributed by atoms with van der Waals surface area (Å²) in [7, 11) is 1.61. The van der Waals surface area contributed by atoms with Gasteiger partial charge in [-0.3, -0.25) is 0 Å². The maximum atomic E-state index is 8.80. The van der Waals surface area contributed by atoms with Gasteiger partial charge in [-0.25, -0.2) is 4.98 Å². The molecule has 0 N–H and O–H groups in total. The van der Waals surface area contributed by atoms with E-state index in [0.29, 0.717) is 18.1 Å². The Labute approximate surface area is 118 Å². The molecule has 0 spiro atoms. The Morgan fingerprint density at radius 2 is 2.20 bits per heavy atom. The predicted octanol–water partition coefficient (Wildman–Crippen LogP) is 3.30. The van der Waals surface area contributed by atoms with Crippen molar-refractivity contribution in [3.8, 4) is 23.3 Å². The third kappa shape index (κ3) is 2.27. The third-order valence-corrected chi connectivity index (χ3v) is 3.65. The Morgan fingerprint density at radius 1 is 1.35 bits per heavy atom. The van der Waals surface area contributed by atoms with Gasteiger partial charge >= 0.3 is 0 Å². The summed E-state index contributed by atoms with van der Waals surface area (Å²) >= 11 is 0. The molecule has 2 aromatic rings. The smallest absolute Gasteiger partial charge is 0.226 e. The van der Waals surface area contributed by atoms with Crippen LogP contribution in [-0.2, 0) is 19.3 Å². The van der Waals surface area contributed by atoms with Crippen LogP contribution in [0.5, 0.6) is 5.75 Å². The first-order valence-electron chi connectivity index (χ1n) is 6.84. The van der Waals surface area contributed by atoms with E-state index in [9.17, 15) is 0 Å². The Balaban J connectivity index is 1.98. The van der Waals surface area contributed by atoms with Crippen LogP contribution >= 0.6 is 0 Å². The Hall–Kier alpha value is -2.28. The number of nitrogens with zero attached hydrogens (tertiary/aromatic N) is 2. The molecule has 3 rings (SSSR count). The van der Waals surface area contributed by atoms with Gasteiger partial charge in [0.1, 0.15) is 11.5 Å². The van der Waals surface area contributed by atoms with E-state index in [2.05, 4.69) is 11.1 Å². The van der Waals surface area contributed by atoms with Crippen molar-refractivity contribution in [2.45, 2.75) is 32.1 Å². The summed E-state index contributed by atoms with van der Waals surface area (Å²) in [6.45, 7) is 0. The summed E-state index contributed by atoms with van der Waals surface area (Å²) in [5, 5.41) is 8.80. The van der Waals surface area contributed by atoms with Crippen molar-refractivity contribution in [3.63, 3.8) is 0 Å². The van der Waals surface area contributed by atoms with Gasteiger partial charge < -0.3 is 9.15 Å². The first kappa shape index (κ1) is 12.7. The summed E-state index contributed by atoms with van der Waals surface area (Å²) < 4.78 is 11.2. The average Bonchev–Trinajstić information content (AvgIpc) is 2.92. The Kier molecular flexibility index (Phi) is 3.42. The molecule has 1 aliphatic carbocycles. The fourth-order valence-corrected chi connectivity index (χ4v) is 2.58. The van der Waals surface area contributed by atoms with Crippen LogP contribution in [0.2, 0.25) is 0 Å². The van der Waals surface area contributed by atoms with Crippen molar-refractivity contribution in [2.75, 3.05) is 7.11 Å². The zero-order chi connectivity index (χ0) is 13.9. The number of ether oxygens (including phenoxy) is 1. The molecule has 1 heterocycles. The number of methoxy groups -OCH3 is 1. The van der Waals surface area contributed by atoms with Crippen molar-refractivity contribution in [2.24, 2.45) is 0 Å². The standard InChI is InChI=1S/C16H16N2O2/c1-19-15-10-12(7-6-11(15)8-9-17)16-18-13-4-2-3-5-14(13)20-16/h6-7,10H,2-5,8H2,1H3. The molecule has 0 aliphatic heterocycles. The number of aromatic nitrogens is 1. The van der Waals surface area contributed by atoms with E-state index in [-0.39, 0.29) is 0 Å². The minimum Gasteiger partial charge on any atom is -0.496 e. The molecule has 0 atom stereocenters. The molecule has 0 unspecified atom stereocenters. The lowest BCUT2D eigenvalue weighted by molar-refractivity contribution is 0.410. The summed E-state index contributed by atoms with van der Waals surface area (Å²) in [4.78, 5) is 4.58. The SMILES string of the molecule is COc1cc(-c2nc3c(o2)CCCC3)ccc1CC#N. The van der Waals surface area contributed by atoms with E-state index in [1.807, 2.05) is 18.2 Å². The van der Waals surface area contributed by atoms with Gasteiger partial charge in [-0.1, -0.05) is 6.07 Å². The Bertz CT molecular complexity index is 644. The van der Waals surface area contributed by atoms with Crippen molar-refractivity contribution in [1.29, 1.82) is 5.26 Å². The highest BCUT2D eigenvalue weighted by atomic mass is 16.5. The molecule has 4 nitrogen and oxygen atoms in total. The molecule has 0 bridgehead atoms. The van der Waals surface area contributed by atoms with E-state index < -0.39 is 0 Å². The zero-order valence-corrected chi connectivity index (χ0v) is 11.5. The van der Waals surface area contributed by atoms with Crippen molar-refractivity contribution in [3.05, 3.63) is 35.2 Å². The molecule has 4 heteroatoms. The quantitative estimate of drug-likeness (QED) is 0.857. The fourth-order valence-electron chi connectivity index (χ4n) is 2.58. The topological polar surface area (TPSA) is 59.1 Å². The fraction of sp³-hybridized carbons (Fsp3) is 0.375. The predicted molar refractivity (Wildman–Crippen MR) is 74.5 cm³/mol. The number of aryl methyl sites for hydroxylation is 2. The lowest BCUT2D eigenvalue weighted by Gasteiger charge is -2.06. The van der Waals surface area contributed by atoms with Crippen LogP contribution < -0.4 is 4.74 Å². The molecule has 0 saturated heterocycles. The van der Waals surface area contributed by atoms with Gasteiger partial charge in [0, 0.05) is 17.5 Å². The second kappa shape index (κ2) is 5.38. The monoisotopic (exact) mass is 268 g/mol. The Morgan fingerprint density at radius 3 is 2.95 bits per heavy atom. The van der Waals surface area contributed by atoms with E-state index in [0.717, 1.165) is 35.4 Å². The van der Waals surface area contributed by atoms with Crippen LogP contribution in [0.15, 0.2) is 22.6 Å². The second-order valence-electron chi connectivity index (χ2n) is 4.96. The van der Waals surface area contributed by atoms with Crippen LogP contribution in [0.25, 0.3) is 11.5 Å². The molecule has 1 aromatic carbocycles. The van der Waals surface area contributed by atoms with Crippen LogP contribution in [0.1, 0.15) is 29.9 Å².